The van der Waals surface area contributed by atoms with Crippen LogP contribution >= 0.6 is 11.6 Å². The van der Waals surface area contributed by atoms with Crippen LogP contribution < -0.4 is 4.90 Å². The maximum Gasteiger partial charge on any atom is 0.311 e. The van der Waals surface area contributed by atoms with Crippen molar-refractivity contribution in [2.45, 2.75) is 19.8 Å². The molecule has 6 nitrogen and oxygen atoms in total. The molecule has 20 heavy (non-hydrogen) atoms. The van der Waals surface area contributed by atoms with Gasteiger partial charge in [0.1, 0.15) is 5.69 Å². The first-order valence-corrected chi connectivity index (χ1v) is 6.70. The Morgan fingerprint density at radius 2 is 2.30 bits per heavy atom. The first kappa shape index (κ1) is 14.6. The van der Waals surface area contributed by atoms with Gasteiger partial charge in [0.25, 0.3) is 5.69 Å². The summed E-state index contributed by atoms with van der Waals surface area (Å²) < 4.78 is 0. The molecule has 0 radical (unpaired) electrons. The summed E-state index contributed by atoms with van der Waals surface area (Å²) in [5.41, 5.74) is -0.498. The highest BCUT2D eigenvalue weighted by Crippen LogP contribution is 2.40. The van der Waals surface area contributed by atoms with E-state index in [2.05, 4.69) is 0 Å². The molecule has 1 fully saturated rings. The van der Waals surface area contributed by atoms with Gasteiger partial charge in [-0.3, -0.25) is 14.9 Å². The molecule has 0 amide bonds. The molecule has 0 saturated carbocycles. The number of carboxylic acid groups (broad SMARTS) is 1. The average molecular weight is 299 g/mol. The van der Waals surface area contributed by atoms with Crippen LogP contribution in [0.2, 0.25) is 5.02 Å². The Labute approximate surface area is 121 Å². The number of carbonyl (C=O) groups is 1. The number of nitrogens with zero attached hydrogens (tertiary/aromatic N) is 2. The van der Waals surface area contributed by atoms with Crippen molar-refractivity contribution in [3.8, 4) is 0 Å². The normalized spacial score (nSPS) is 22.0. The van der Waals surface area contributed by atoms with Crippen molar-refractivity contribution in [3.63, 3.8) is 0 Å². The highest BCUT2D eigenvalue weighted by Gasteiger charge is 2.44. The Kier molecular flexibility index (Phi) is 3.85. The summed E-state index contributed by atoms with van der Waals surface area (Å²) >= 11 is 5.90. The van der Waals surface area contributed by atoms with E-state index in [1.807, 2.05) is 6.92 Å². The molecule has 1 N–H and O–H groups in total. The van der Waals surface area contributed by atoms with Crippen molar-refractivity contribution in [1.29, 1.82) is 0 Å². The predicted molar refractivity (Wildman–Crippen MR) is 75.3 cm³/mol. The monoisotopic (exact) mass is 298 g/mol. The topological polar surface area (TPSA) is 83.7 Å². The molecule has 1 aliphatic rings. The van der Waals surface area contributed by atoms with Crippen molar-refractivity contribution in [2.75, 3.05) is 18.0 Å². The lowest BCUT2D eigenvalue weighted by Gasteiger charge is -2.24. The van der Waals surface area contributed by atoms with Crippen molar-refractivity contribution in [2.24, 2.45) is 5.41 Å². The molecule has 1 unspecified atom stereocenters. The third-order valence-corrected chi connectivity index (χ3v) is 4.19. The molecule has 7 heteroatoms. The Morgan fingerprint density at radius 3 is 2.80 bits per heavy atom. The average Bonchev–Trinajstić information content (AvgIpc) is 2.83. The van der Waals surface area contributed by atoms with Crippen molar-refractivity contribution in [1.82, 2.24) is 0 Å². The first-order valence-electron chi connectivity index (χ1n) is 6.32. The summed E-state index contributed by atoms with van der Waals surface area (Å²) in [6.45, 7) is 2.56. The summed E-state index contributed by atoms with van der Waals surface area (Å²) in [6, 6.07) is 4.33. The molecule has 0 spiro atoms. The number of benzene rings is 1. The SMILES string of the molecule is CCC1(C(=O)O)CCN(c2cc(Cl)ccc2[N+](=O)[O-])C1. The third kappa shape index (κ3) is 2.43. The smallest absolute Gasteiger partial charge is 0.311 e. The fourth-order valence-corrected chi connectivity index (χ4v) is 2.76. The molecule has 1 heterocycles. The van der Waals surface area contributed by atoms with E-state index in [0.717, 1.165) is 0 Å². The minimum atomic E-state index is -0.854. The van der Waals surface area contributed by atoms with Gasteiger partial charge in [-0.05, 0) is 25.0 Å². The van der Waals surface area contributed by atoms with Crippen molar-refractivity contribution >= 4 is 28.9 Å². The van der Waals surface area contributed by atoms with Crippen LogP contribution in [0.4, 0.5) is 11.4 Å². The molecule has 1 saturated heterocycles. The van der Waals surface area contributed by atoms with Gasteiger partial charge in [-0.25, -0.2) is 0 Å². The Morgan fingerprint density at radius 1 is 1.60 bits per heavy atom. The zero-order valence-electron chi connectivity index (χ0n) is 11.0. The maximum absolute atomic E-state index is 11.4. The van der Waals surface area contributed by atoms with Gasteiger partial charge in [0.15, 0.2) is 0 Å². The molecular formula is C13H15ClN2O4. The number of rotatable bonds is 4. The molecule has 0 aromatic heterocycles. The van der Waals surface area contributed by atoms with Crippen LogP contribution in [-0.4, -0.2) is 29.1 Å². The van der Waals surface area contributed by atoms with Crippen LogP contribution in [0.15, 0.2) is 18.2 Å². The number of nitro groups is 1. The summed E-state index contributed by atoms with van der Waals surface area (Å²) in [5, 5.41) is 20.8. The number of nitro benzene ring substituents is 1. The van der Waals surface area contributed by atoms with Gasteiger partial charge in [-0.15, -0.1) is 0 Å². The molecular weight excluding hydrogens is 284 g/mol. The molecule has 0 aliphatic carbocycles. The second-order valence-corrected chi connectivity index (χ2v) is 5.44. The van der Waals surface area contributed by atoms with E-state index in [1.54, 1.807) is 4.90 Å². The van der Waals surface area contributed by atoms with E-state index < -0.39 is 16.3 Å². The molecule has 1 aliphatic heterocycles. The van der Waals surface area contributed by atoms with Crippen LogP contribution in [0.25, 0.3) is 0 Å². The number of carboxylic acids is 1. The largest absolute Gasteiger partial charge is 0.481 e. The van der Waals surface area contributed by atoms with E-state index in [1.165, 1.54) is 18.2 Å². The lowest BCUT2D eigenvalue weighted by atomic mass is 9.84. The van der Waals surface area contributed by atoms with Gasteiger partial charge in [0.05, 0.1) is 10.3 Å². The Bertz CT molecular complexity index is 563. The van der Waals surface area contributed by atoms with E-state index >= 15 is 0 Å². The van der Waals surface area contributed by atoms with Gasteiger partial charge in [-0.2, -0.15) is 0 Å². The van der Waals surface area contributed by atoms with Crippen LogP contribution in [-0.2, 0) is 4.79 Å². The third-order valence-electron chi connectivity index (χ3n) is 3.96. The second-order valence-electron chi connectivity index (χ2n) is 5.00. The van der Waals surface area contributed by atoms with Gasteiger partial charge in [0.2, 0.25) is 0 Å². The first-order chi connectivity index (χ1) is 9.39. The highest BCUT2D eigenvalue weighted by molar-refractivity contribution is 6.31. The van der Waals surface area contributed by atoms with Crippen LogP contribution in [0, 0.1) is 15.5 Å². The number of hydrogen-bond donors (Lipinski definition) is 1. The lowest BCUT2D eigenvalue weighted by molar-refractivity contribution is -0.384. The Hall–Kier alpha value is -1.82. The molecule has 1 aromatic carbocycles. The molecule has 2 rings (SSSR count). The molecule has 1 aromatic rings. The number of halogens is 1. The number of hydrogen-bond acceptors (Lipinski definition) is 4. The summed E-state index contributed by atoms with van der Waals surface area (Å²) in [5.74, 6) is -0.854. The second kappa shape index (κ2) is 5.28. The van der Waals surface area contributed by atoms with E-state index in [4.69, 9.17) is 11.6 Å². The number of anilines is 1. The fourth-order valence-electron chi connectivity index (χ4n) is 2.60. The minimum Gasteiger partial charge on any atom is -0.481 e. The minimum absolute atomic E-state index is 0.0494. The lowest BCUT2D eigenvalue weighted by Crippen LogP contribution is -2.34. The summed E-state index contributed by atoms with van der Waals surface area (Å²) in [6.07, 6.45) is 0.968. The van der Waals surface area contributed by atoms with Gasteiger partial charge in [-0.1, -0.05) is 18.5 Å². The predicted octanol–water partition coefficient (Wildman–Crippen LogP) is 2.94. The number of aliphatic carboxylic acids is 1. The van der Waals surface area contributed by atoms with Gasteiger partial charge < -0.3 is 10.0 Å². The Balaban J connectivity index is 2.37. The van der Waals surface area contributed by atoms with E-state index in [-0.39, 0.29) is 12.2 Å². The van der Waals surface area contributed by atoms with E-state index in [9.17, 15) is 20.0 Å². The van der Waals surface area contributed by atoms with Gasteiger partial charge in [0, 0.05) is 24.2 Å². The summed E-state index contributed by atoms with van der Waals surface area (Å²) in [7, 11) is 0. The zero-order valence-corrected chi connectivity index (χ0v) is 11.8. The fraction of sp³-hybridized carbons (Fsp3) is 0.462. The van der Waals surface area contributed by atoms with E-state index in [0.29, 0.717) is 30.1 Å². The van der Waals surface area contributed by atoms with Gasteiger partial charge >= 0.3 is 5.97 Å². The van der Waals surface area contributed by atoms with Crippen molar-refractivity contribution in [3.05, 3.63) is 33.3 Å². The van der Waals surface area contributed by atoms with Crippen LogP contribution in [0.3, 0.4) is 0 Å². The molecule has 1 atom stereocenters. The quantitative estimate of drug-likeness (QED) is 0.682. The summed E-state index contributed by atoms with van der Waals surface area (Å²) in [4.78, 5) is 23.8. The molecule has 108 valence electrons. The van der Waals surface area contributed by atoms with Crippen LogP contribution in [0.1, 0.15) is 19.8 Å². The standard InChI is InChI=1S/C13H15ClN2O4/c1-2-13(12(17)18)5-6-15(8-13)11-7-9(14)3-4-10(11)16(19)20/h3-4,7H,2,5-6,8H2,1H3,(H,17,18). The molecule has 0 bridgehead atoms. The van der Waals surface area contributed by atoms with Crippen molar-refractivity contribution < 1.29 is 14.8 Å². The zero-order chi connectivity index (χ0) is 14.9. The van der Waals surface area contributed by atoms with Crippen LogP contribution in [0.5, 0.6) is 0 Å². The highest BCUT2D eigenvalue weighted by atomic mass is 35.5. The maximum atomic E-state index is 11.4.